The number of para-hydroxylation sites is 1. The summed E-state index contributed by atoms with van der Waals surface area (Å²) in [5, 5.41) is 8.67. The van der Waals surface area contributed by atoms with Crippen LogP contribution in [-0.2, 0) is 0 Å². The second kappa shape index (κ2) is 5.26. The first kappa shape index (κ1) is 12.2. The monoisotopic (exact) mass is 219 g/mol. The fourth-order valence-corrected chi connectivity index (χ4v) is 1.52. The Hall–Kier alpha value is -1.89. The van der Waals surface area contributed by atoms with E-state index in [1.165, 1.54) is 0 Å². The molecule has 0 saturated carbocycles. The minimum Gasteiger partial charge on any atom is -0.495 e. The molecule has 0 aliphatic carbocycles. The summed E-state index contributed by atoms with van der Waals surface area (Å²) < 4.78 is 5.16. The van der Waals surface area contributed by atoms with Crippen molar-refractivity contribution in [1.29, 1.82) is 5.26 Å². The number of methoxy groups -OCH3 is 1. The largest absolute Gasteiger partial charge is 0.495 e. The smallest absolute Gasteiger partial charge is 0.143 e. The SMILES string of the molecule is COc1cccc(N(C)C(C)CC#N)c1N. The van der Waals surface area contributed by atoms with Crippen LogP contribution in [0.4, 0.5) is 11.4 Å². The number of rotatable bonds is 4. The van der Waals surface area contributed by atoms with Gasteiger partial charge in [-0.1, -0.05) is 6.07 Å². The standard InChI is InChI=1S/C12H17N3O/c1-9(7-8-13)15(2)10-5-4-6-11(16-3)12(10)14/h4-6,9H,7,14H2,1-3H3. The third kappa shape index (κ3) is 2.37. The molecule has 0 aliphatic heterocycles. The number of hydrogen-bond acceptors (Lipinski definition) is 4. The number of nitrogen functional groups attached to an aromatic ring is 1. The summed E-state index contributed by atoms with van der Waals surface area (Å²) >= 11 is 0. The predicted octanol–water partition coefficient (Wildman–Crippen LogP) is 2.02. The third-order valence-corrected chi connectivity index (χ3v) is 2.69. The maximum absolute atomic E-state index is 8.67. The molecule has 0 aromatic heterocycles. The zero-order valence-electron chi connectivity index (χ0n) is 9.90. The minimum atomic E-state index is 0.124. The average molecular weight is 219 g/mol. The number of nitrogens with zero attached hydrogens (tertiary/aromatic N) is 2. The molecule has 2 N–H and O–H groups in total. The van der Waals surface area contributed by atoms with Crippen molar-refractivity contribution >= 4 is 11.4 Å². The number of nitriles is 1. The van der Waals surface area contributed by atoms with E-state index in [-0.39, 0.29) is 6.04 Å². The summed E-state index contributed by atoms with van der Waals surface area (Å²) in [5.74, 6) is 0.661. The van der Waals surface area contributed by atoms with Crippen LogP contribution in [0.15, 0.2) is 18.2 Å². The molecule has 0 heterocycles. The molecule has 1 aromatic carbocycles. The molecule has 4 nitrogen and oxygen atoms in total. The van der Waals surface area contributed by atoms with E-state index in [4.69, 9.17) is 15.7 Å². The van der Waals surface area contributed by atoms with Crippen LogP contribution >= 0.6 is 0 Å². The van der Waals surface area contributed by atoms with Crippen LogP contribution in [0.2, 0.25) is 0 Å². The Morgan fingerprint density at radius 1 is 1.56 bits per heavy atom. The van der Waals surface area contributed by atoms with E-state index in [0.717, 1.165) is 5.69 Å². The zero-order valence-corrected chi connectivity index (χ0v) is 9.90. The van der Waals surface area contributed by atoms with Crippen LogP contribution in [0.3, 0.4) is 0 Å². The Labute approximate surface area is 96.2 Å². The summed E-state index contributed by atoms with van der Waals surface area (Å²) in [6.45, 7) is 1.99. The average Bonchev–Trinajstić information content (AvgIpc) is 2.29. The zero-order chi connectivity index (χ0) is 12.1. The fraction of sp³-hybridized carbons (Fsp3) is 0.417. The minimum absolute atomic E-state index is 0.124. The first-order chi connectivity index (χ1) is 7.61. The molecule has 0 bridgehead atoms. The summed E-state index contributed by atoms with van der Waals surface area (Å²) in [5.41, 5.74) is 7.48. The van der Waals surface area contributed by atoms with E-state index in [2.05, 4.69) is 6.07 Å². The molecule has 16 heavy (non-hydrogen) atoms. The molecule has 1 unspecified atom stereocenters. The Bertz CT molecular complexity index is 398. The van der Waals surface area contributed by atoms with Gasteiger partial charge in [0.05, 0.1) is 31.0 Å². The Morgan fingerprint density at radius 2 is 2.25 bits per heavy atom. The van der Waals surface area contributed by atoms with Gasteiger partial charge in [0.25, 0.3) is 0 Å². The molecule has 1 rings (SSSR count). The molecule has 0 aliphatic rings. The lowest BCUT2D eigenvalue weighted by Gasteiger charge is -2.27. The van der Waals surface area contributed by atoms with Gasteiger partial charge in [0, 0.05) is 13.1 Å². The van der Waals surface area contributed by atoms with Gasteiger partial charge in [-0.15, -0.1) is 0 Å². The highest BCUT2D eigenvalue weighted by Gasteiger charge is 2.14. The van der Waals surface area contributed by atoms with E-state index in [1.807, 2.05) is 37.1 Å². The maximum atomic E-state index is 8.67. The lowest BCUT2D eigenvalue weighted by atomic mass is 10.1. The number of hydrogen-bond donors (Lipinski definition) is 1. The van der Waals surface area contributed by atoms with E-state index in [9.17, 15) is 0 Å². The molecule has 0 spiro atoms. The van der Waals surface area contributed by atoms with Crippen molar-refractivity contribution < 1.29 is 4.74 Å². The van der Waals surface area contributed by atoms with Gasteiger partial charge >= 0.3 is 0 Å². The summed E-state index contributed by atoms with van der Waals surface area (Å²) in [6.07, 6.45) is 0.465. The molecule has 0 saturated heterocycles. The lowest BCUT2D eigenvalue weighted by Crippen LogP contribution is -2.29. The van der Waals surface area contributed by atoms with Crippen molar-refractivity contribution in [3.05, 3.63) is 18.2 Å². The number of benzene rings is 1. The number of anilines is 2. The van der Waals surface area contributed by atoms with Crippen LogP contribution < -0.4 is 15.4 Å². The summed E-state index contributed by atoms with van der Waals surface area (Å²) in [7, 11) is 3.52. The van der Waals surface area contributed by atoms with Gasteiger partial charge in [0.2, 0.25) is 0 Å². The Balaban J connectivity index is 3.00. The third-order valence-electron chi connectivity index (χ3n) is 2.69. The van der Waals surface area contributed by atoms with Crippen molar-refractivity contribution in [2.45, 2.75) is 19.4 Å². The van der Waals surface area contributed by atoms with E-state index in [0.29, 0.717) is 17.9 Å². The van der Waals surface area contributed by atoms with Gasteiger partial charge in [-0.05, 0) is 19.1 Å². The number of ether oxygens (including phenoxy) is 1. The molecule has 1 atom stereocenters. The highest BCUT2D eigenvalue weighted by Crippen LogP contribution is 2.32. The summed E-state index contributed by atoms with van der Waals surface area (Å²) in [4.78, 5) is 1.99. The highest BCUT2D eigenvalue weighted by molar-refractivity contribution is 5.74. The van der Waals surface area contributed by atoms with E-state index < -0.39 is 0 Å². The molecular formula is C12H17N3O. The Kier molecular flexibility index (Phi) is 4.01. The van der Waals surface area contributed by atoms with Crippen LogP contribution in [0, 0.1) is 11.3 Å². The van der Waals surface area contributed by atoms with Crippen LogP contribution in [0.5, 0.6) is 5.75 Å². The Morgan fingerprint density at radius 3 is 2.81 bits per heavy atom. The molecule has 0 radical (unpaired) electrons. The van der Waals surface area contributed by atoms with Crippen LogP contribution in [0.1, 0.15) is 13.3 Å². The second-order valence-electron chi connectivity index (χ2n) is 3.72. The molecule has 86 valence electrons. The van der Waals surface area contributed by atoms with Crippen molar-refractivity contribution in [2.24, 2.45) is 0 Å². The normalized spacial score (nSPS) is 11.6. The first-order valence-corrected chi connectivity index (χ1v) is 5.14. The van der Waals surface area contributed by atoms with Crippen molar-refractivity contribution in [3.8, 4) is 11.8 Å². The van der Waals surface area contributed by atoms with Crippen LogP contribution in [0.25, 0.3) is 0 Å². The van der Waals surface area contributed by atoms with Gasteiger partial charge in [0.1, 0.15) is 5.75 Å². The van der Waals surface area contributed by atoms with Gasteiger partial charge < -0.3 is 15.4 Å². The van der Waals surface area contributed by atoms with E-state index in [1.54, 1.807) is 7.11 Å². The van der Waals surface area contributed by atoms with Gasteiger partial charge in [0.15, 0.2) is 0 Å². The molecule has 4 heteroatoms. The maximum Gasteiger partial charge on any atom is 0.143 e. The topological polar surface area (TPSA) is 62.3 Å². The van der Waals surface area contributed by atoms with Crippen molar-refractivity contribution in [1.82, 2.24) is 0 Å². The van der Waals surface area contributed by atoms with Gasteiger partial charge in [-0.3, -0.25) is 0 Å². The van der Waals surface area contributed by atoms with Crippen molar-refractivity contribution in [2.75, 3.05) is 24.8 Å². The van der Waals surface area contributed by atoms with Gasteiger partial charge in [-0.25, -0.2) is 0 Å². The quantitative estimate of drug-likeness (QED) is 0.787. The second-order valence-corrected chi connectivity index (χ2v) is 3.72. The predicted molar refractivity (Wildman–Crippen MR) is 65.5 cm³/mol. The molecule has 0 fully saturated rings. The molecular weight excluding hydrogens is 202 g/mol. The molecule has 0 amide bonds. The fourth-order valence-electron chi connectivity index (χ4n) is 1.52. The van der Waals surface area contributed by atoms with E-state index >= 15 is 0 Å². The summed E-state index contributed by atoms with van der Waals surface area (Å²) in [6, 6.07) is 7.91. The van der Waals surface area contributed by atoms with Crippen molar-refractivity contribution in [3.63, 3.8) is 0 Å². The highest BCUT2D eigenvalue weighted by atomic mass is 16.5. The number of nitrogens with two attached hydrogens (primary N) is 1. The van der Waals surface area contributed by atoms with Crippen LogP contribution in [-0.4, -0.2) is 20.2 Å². The van der Waals surface area contributed by atoms with Gasteiger partial charge in [-0.2, -0.15) is 5.26 Å². The lowest BCUT2D eigenvalue weighted by molar-refractivity contribution is 0.417. The molecule has 1 aromatic rings. The first-order valence-electron chi connectivity index (χ1n) is 5.14.